The first kappa shape index (κ1) is 16.8. The molecule has 1 aliphatic carbocycles. The maximum Gasteiger partial charge on any atom is 0.236 e. The van der Waals surface area contributed by atoms with Crippen LogP contribution >= 0.6 is 35.9 Å². The highest BCUT2D eigenvalue weighted by Gasteiger charge is 2.30. The molecule has 0 aromatic rings. The van der Waals surface area contributed by atoms with Crippen LogP contribution in [0.5, 0.6) is 0 Å². The van der Waals surface area contributed by atoms with Gasteiger partial charge in [-0.25, -0.2) is 0 Å². The fraction of sp³-hybridized carbons (Fsp3) is 0.929. The number of thioether (sulfide) groups is 2. The van der Waals surface area contributed by atoms with Gasteiger partial charge in [0.25, 0.3) is 0 Å². The summed E-state index contributed by atoms with van der Waals surface area (Å²) in [6.45, 7) is 3.12. The molecule has 0 radical (unpaired) electrons. The Hall–Kier alpha value is 0.420. The Balaban J connectivity index is 0.00000147. The Morgan fingerprint density at radius 2 is 1.90 bits per heavy atom. The van der Waals surface area contributed by atoms with Crippen LogP contribution in [0.25, 0.3) is 0 Å². The summed E-state index contributed by atoms with van der Waals surface area (Å²) in [5.41, 5.74) is 0. The van der Waals surface area contributed by atoms with Gasteiger partial charge in [-0.15, -0.1) is 24.2 Å². The van der Waals surface area contributed by atoms with Crippen LogP contribution in [0.1, 0.15) is 25.7 Å². The van der Waals surface area contributed by atoms with Crippen molar-refractivity contribution in [2.45, 2.75) is 37.0 Å². The van der Waals surface area contributed by atoms with Gasteiger partial charge in [-0.3, -0.25) is 4.79 Å². The van der Waals surface area contributed by atoms with Crippen molar-refractivity contribution in [3.63, 3.8) is 0 Å². The van der Waals surface area contributed by atoms with Gasteiger partial charge in [-0.2, -0.15) is 11.8 Å². The van der Waals surface area contributed by atoms with Gasteiger partial charge in [0.05, 0.1) is 5.25 Å². The quantitative estimate of drug-likeness (QED) is 0.853. The molecular formula is C14H25ClN2OS2. The minimum Gasteiger partial charge on any atom is -0.342 e. The van der Waals surface area contributed by atoms with E-state index < -0.39 is 0 Å². The highest BCUT2D eigenvalue weighted by molar-refractivity contribution is 8.07. The van der Waals surface area contributed by atoms with Crippen LogP contribution in [0.3, 0.4) is 0 Å². The van der Waals surface area contributed by atoms with Crippen molar-refractivity contribution in [3.05, 3.63) is 0 Å². The molecule has 116 valence electrons. The minimum atomic E-state index is 0. The third kappa shape index (κ3) is 4.72. The van der Waals surface area contributed by atoms with Crippen molar-refractivity contribution >= 4 is 41.8 Å². The Kier molecular flexibility index (Phi) is 6.85. The summed E-state index contributed by atoms with van der Waals surface area (Å²) in [6.07, 6.45) is 5.12. The second-order valence-electron chi connectivity index (χ2n) is 5.89. The smallest absolute Gasteiger partial charge is 0.236 e. The number of halogens is 1. The van der Waals surface area contributed by atoms with Gasteiger partial charge in [-0.05, 0) is 38.1 Å². The largest absolute Gasteiger partial charge is 0.342 e. The molecule has 1 N–H and O–H groups in total. The normalized spacial score (nSPS) is 28.0. The molecule has 3 nitrogen and oxygen atoms in total. The fourth-order valence-corrected chi connectivity index (χ4v) is 5.42. The molecule has 6 heteroatoms. The second kappa shape index (κ2) is 8.16. The Bertz CT molecular complexity index is 314. The summed E-state index contributed by atoms with van der Waals surface area (Å²) < 4.78 is 0. The first-order valence-corrected chi connectivity index (χ1v) is 9.75. The van der Waals surface area contributed by atoms with Crippen molar-refractivity contribution in [3.8, 4) is 0 Å². The molecule has 2 saturated heterocycles. The summed E-state index contributed by atoms with van der Waals surface area (Å²) in [5.74, 6) is 4.72. The Morgan fingerprint density at radius 1 is 1.15 bits per heavy atom. The van der Waals surface area contributed by atoms with Gasteiger partial charge in [-0.1, -0.05) is 0 Å². The molecule has 2 aliphatic heterocycles. The molecule has 3 fully saturated rings. The van der Waals surface area contributed by atoms with Gasteiger partial charge in [0.15, 0.2) is 0 Å². The molecule has 1 atom stereocenters. The van der Waals surface area contributed by atoms with Crippen molar-refractivity contribution < 1.29 is 4.79 Å². The van der Waals surface area contributed by atoms with Crippen molar-refractivity contribution in [2.24, 2.45) is 5.92 Å². The number of nitrogens with zero attached hydrogens (tertiary/aromatic N) is 1. The van der Waals surface area contributed by atoms with E-state index in [0.29, 0.717) is 11.9 Å². The molecule has 0 aromatic heterocycles. The van der Waals surface area contributed by atoms with Crippen molar-refractivity contribution in [1.82, 2.24) is 10.2 Å². The molecule has 1 amide bonds. The van der Waals surface area contributed by atoms with Gasteiger partial charge >= 0.3 is 0 Å². The number of piperidine rings is 1. The third-order valence-corrected chi connectivity index (χ3v) is 7.03. The summed E-state index contributed by atoms with van der Waals surface area (Å²) in [5, 5.41) is 3.91. The molecule has 3 rings (SSSR count). The lowest BCUT2D eigenvalue weighted by Gasteiger charge is -2.35. The summed E-state index contributed by atoms with van der Waals surface area (Å²) in [4.78, 5) is 14.5. The highest BCUT2D eigenvalue weighted by atomic mass is 35.5. The first-order valence-electron chi connectivity index (χ1n) is 7.54. The SMILES string of the molecule is Cl.O=C(C1CSCCS1)N1CCC(NCC2CC2)CC1. The van der Waals surface area contributed by atoms with E-state index in [4.69, 9.17) is 0 Å². The number of nitrogens with one attached hydrogen (secondary N) is 1. The minimum absolute atomic E-state index is 0. The number of likely N-dealkylation sites (tertiary alicyclic amines) is 1. The van der Waals surface area contributed by atoms with Crippen LogP contribution in [0, 0.1) is 5.92 Å². The average Bonchev–Trinajstić information content (AvgIpc) is 3.30. The maximum absolute atomic E-state index is 12.4. The van der Waals surface area contributed by atoms with Gasteiger partial charge in [0.2, 0.25) is 5.91 Å². The number of rotatable bonds is 4. The van der Waals surface area contributed by atoms with E-state index in [1.54, 1.807) is 0 Å². The zero-order valence-corrected chi connectivity index (χ0v) is 14.3. The maximum atomic E-state index is 12.4. The summed E-state index contributed by atoms with van der Waals surface area (Å²) >= 11 is 3.79. The van der Waals surface area contributed by atoms with Crippen LogP contribution in [0.4, 0.5) is 0 Å². The Labute approximate surface area is 136 Å². The highest BCUT2D eigenvalue weighted by Crippen LogP contribution is 2.29. The van der Waals surface area contributed by atoms with Crippen molar-refractivity contribution in [1.29, 1.82) is 0 Å². The predicted molar refractivity (Wildman–Crippen MR) is 91.1 cm³/mol. The van der Waals surface area contributed by atoms with E-state index in [9.17, 15) is 4.79 Å². The predicted octanol–water partition coefficient (Wildman–Crippen LogP) is 2.25. The molecule has 0 aromatic carbocycles. The third-order valence-electron chi connectivity index (χ3n) is 4.29. The summed E-state index contributed by atoms with van der Waals surface area (Å²) in [7, 11) is 0. The molecule has 1 unspecified atom stereocenters. The summed E-state index contributed by atoms with van der Waals surface area (Å²) in [6, 6.07) is 0.651. The number of carbonyl (C=O) groups excluding carboxylic acids is 1. The zero-order chi connectivity index (χ0) is 13.1. The van der Waals surface area contributed by atoms with E-state index in [-0.39, 0.29) is 17.7 Å². The van der Waals surface area contributed by atoms with E-state index in [1.165, 1.54) is 25.1 Å². The van der Waals surface area contributed by atoms with Gasteiger partial charge < -0.3 is 10.2 Å². The molecule has 2 heterocycles. The molecule has 3 aliphatic rings. The average molecular weight is 337 g/mol. The van der Waals surface area contributed by atoms with Crippen LogP contribution in [-0.2, 0) is 4.79 Å². The van der Waals surface area contributed by atoms with Crippen molar-refractivity contribution in [2.75, 3.05) is 36.9 Å². The van der Waals surface area contributed by atoms with Gasteiger partial charge in [0, 0.05) is 36.4 Å². The van der Waals surface area contributed by atoms with Crippen LogP contribution in [-0.4, -0.2) is 59.0 Å². The molecular weight excluding hydrogens is 312 g/mol. The number of amides is 1. The zero-order valence-electron chi connectivity index (χ0n) is 11.9. The van der Waals surface area contributed by atoms with Crippen LogP contribution < -0.4 is 5.32 Å². The lowest BCUT2D eigenvalue weighted by molar-refractivity contribution is -0.131. The van der Waals surface area contributed by atoms with E-state index in [0.717, 1.165) is 43.4 Å². The van der Waals surface area contributed by atoms with Crippen LogP contribution in [0.2, 0.25) is 0 Å². The second-order valence-corrected chi connectivity index (χ2v) is 8.35. The standard InChI is InChI=1S/C14H24N2OS2.ClH/c17-14(13-10-18-7-8-19-13)16-5-3-12(4-6-16)15-9-11-1-2-11;/h11-13,15H,1-10H2;1H. The monoisotopic (exact) mass is 336 g/mol. The van der Waals surface area contributed by atoms with Gasteiger partial charge in [0.1, 0.15) is 0 Å². The molecule has 1 saturated carbocycles. The van der Waals surface area contributed by atoms with E-state index in [1.807, 2.05) is 23.5 Å². The topological polar surface area (TPSA) is 32.3 Å². The Morgan fingerprint density at radius 3 is 2.50 bits per heavy atom. The lowest BCUT2D eigenvalue weighted by atomic mass is 10.0. The van der Waals surface area contributed by atoms with Crippen LogP contribution in [0.15, 0.2) is 0 Å². The fourth-order valence-electron chi connectivity index (χ4n) is 2.79. The number of carbonyl (C=O) groups is 1. The number of hydrogen-bond acceptors (Lipinski definition) is 4. The van der Waals surface area contributed by atoms with E-state index >= 15 is 0 Å². The number of hydrogen-bond donors (Lipinski definition) is 1. The lowest BCUT2D eigenvalue weighted by Crippen LogP contribution is -2.48. The molecule has 20 heavy (non-hydrogen) atoms. The van der Waals surface area contributed by atoms with E-state index in [2.05, 4.69) is 10.2 Å². The first-order chi connectivity index (χ1) is 9.33. The molecule has 0 bridgehead atoms. The molecule has 0 spiro atoms.